The summed E-state index contributed by atoms with van der Waals surface area (Å²) in [6.45, 7) is 6.51. The van der Waals surface area contributed by atoms with E-state index in [0.717, 1.165) is 5.82 Å². The first-order valence-electron chi connectivity index (χ1n) is 4.17. The molecular weight excluding hydrogens is 186 g/mol. The maximum Gasteiger partial charge on any atom is 0.134 e. The van der Waals surface area contributed by atoms with E-state index in [4.69, 9.17) is 17.3 Å². The molecule has 1 heterocycles. The van der Waals surface area contributed by atoms with Gasteiger partial charge in [0.25, 0.3) is 0 Å². The van der Waals surface area contributed by atoms with Crippen LogP contribution in [0.2, 0.25) is 5.02 Å². The molecule has 0 spiro atoms. The third-order valence-electron chi connectivity index (χ3n) is 1.68. The Bertz CT molecular complexity index is 304. The highest BCUT2D eigenvalue weighted by molar-refractivity contribution is 6.31. The minimum absolute atomic E-state index is 0.0610. The van der Waals surface area contributed by atoms with Crippen LogP contribution in [0.15, 0.2) is 6.20 Å². The van der Waals surface area contributed by atoms with Crippen LogP contribution < -0.4 is 5.73 Å². The Morgan fingerprint density at radius 2 is 2.08 bits per heavy atom. The molecule has 0 aliphatic rings. The molecule has 3 nitrogen and oxygen atoms in total. The van der Waals surface area contributed by atoms with Crippen molar-refractivity contribution in [2.24, 2.45) is 5.73 Å². The predicted molar refractivity (Wildman–Crippen MR) is 53.6 cm³/mol. The maximum atomic E-state index is 5.84. The summed E-state index contributed by atoms with van der Waals surface area (Å²) < 4.78 is 0. The van der Waals surface area contributed by atoms with E-state index in [1.54, 1.807) is 6.20 Å². The fourth-order valence-electron chi connectivity index (χ4n) is 0.907. The summed E-state index contributed by atoms with van der Waals surface area (Å²) >= 11 is 5.84. The van der Waals surface area contributed by atoms with Crippen molar-refractivity contribution in [3.05, 3.63) is 22.7 Å². The van der Waals surface area contributed by atoms with E-state index in [2.05, 4.69) is 30.7 Å². The van der Waals surface area contributed by atoms with Crippen molar-refractivity contribution in [1.82, 2.24) is 9.97 Å². The molecule has 0 fully saturated rings. The van der Waals surface area contributed by atoms with E-state index in [1.165, 1.54) is 0 Å². The van der Waals surface area contributed by atoms with Crippen LogP contribution in [-0.4, -0.2) is 9.97 Å². The number of rotatable bonds is 1. The van der Waals surface area contributed by atoms with Crippen LogP contribution in [0.25, 0.3) is 0 Å². The van der Waals surface area contributed by atoms with Crippen molar-refractivity contribution in [3.63, 3.8) is 0 Å². The average molecular weight is 200 g/mol. The van der Waals surface area contributed by atoms with E-state index in [0.29, 0.717) is 17.3 Å². The molecule has 2 N–H and O–H groups in total. The molecule has 0 saturated carbocycles. The van der Waals surface area contributed by atoms with Gasteiger partial charge in [-0.15, -0.1) is 0 Å². The summed E-state index contributed by atoms with van der Waals surface area (Å²) in [6.07, 6.45) is 1.61. The van der Waals surface area contributed by atoms with Crippen molar-refractivity contribution >= 4 is 11.6 Å². The van der Waals surface area contributed by atoms with Crippen LogP contribution >= 0.6 is 11.6 Å². The molecule has 0 bridgehead atoms. The fourth-order valence-corrected chi connectivity index (χ4v) is 1.08. The quantitative estimate of drug-likeness (QED) is 0.752. The zero-order chi connectivity index (χ0) is 10.1. The predicted octanol–water partition coefficient (Wildman–Crippen LogP) is 1.89. The van der Waals surface area contributed by atoms with Crippen molar-refractivity contribution in [2.45, 2.75) is 32.7 Å². The monoisotopic (exact) mass is 199 g/mol. The molecule has 0 saturated heterocycles. The van der Waals surface area contributed by atoms with Crippen LogP contribution in [-0.2, 0) is 12.0 Å². The van der Waals surface area contributed by atoms with Crippen LogP contribution in [0, 0.1) is 0 Å². The van der Waals surface area contributed by atoms with Crippen molar-refractivity contribution in [2.75, 3.05) is 0 Å². The Morgan fingerprint density at radius 1 is 1.46 bits per heavy atom. The van der Waals surface area contributed by atoms with E-state index < -0.39 is 0 Å². The number of hydrogen-bond acceptors (Lipinski definition) is 3. The summed E-state index contributed by atoms with van der Waals surface area (Å²) in [5.74, 6) is 0.775. The normalized spacial score (nSPS) is 11.8. The number of hydrogen-bond donors (Lipinski definition) is 1. The molecule has 0 unspecified atom stereocenters. The lowest BCUT2D eigenvalue weighted by atomic mass is 9.96. The lowest BCUT2D eigenvalue weighted by molar-refractivity contribution is 0.541. The Labute approximate surface area is 83.3 Å². The zero-order valence-electron chi connectivity index (χ0n) is 8.13. The van der Waals surface area contributed by atoms with Crippen LogP contribution in [0.4, 0.5) is 0 Å². The average Bonchev–Trinajstić information content (AvgIpc) is 2.03. The highest BCUT2D eigenvalue weighted by Crippen LogP contribution is 2.20. The van der Waals surface area contributed by atoms with Gasteiger partial charge < -0.3 is 5.73 Å². The second kappa shape index (κ2) is 3.60. The fraction of sp³-hybridized carbons (Fsp3) is 0.556. The number of nitrogens with two attached hydrogens (primary N) is 1. The van der Waals surface area contributed by atoms with E-state index in [1.807, 2.05) is 0 Å². The van der Waals surface area contributed by atoms with Crippen LogP contribution in [0.1, 0.15) is 32.3 Å². The molecular formula is C9H14ClN3. The SMILES string of the molecule is CC(C)(C)c1ncc(Cl)c(CN)n1. The first-order valence-corrected chi connectivity index (χ1v) is 4.55. The van der Waals surface area contributed by atoms with Crippen LogP contribution in [0.3, 0.4) is 0 Å². The summed E-state index contributed by atoms with van der Waals surface area (Å²) in [7, 11) is 0. The molecule has 0 amide bonds. The van der Waals surface area contributed by atoms with Gasteiger partial charge in [0.05, 0.1) is 10.7 Å². The molecule has 4 heteroatoms. The molecule has 0 atom stereocenters. The Morgan fingerprint density at radius 3 is 2.54 bits per heavy atom. The summed E-state index contributed by atoms with van der Waals surface area (Å²) in [6, 6.07) is 0. The third kappa shape index (κ3) is 2.39. The second-order valence-corrected chi connectivity index (χ2v) is 4.35. The molecule has 0 aromatic carbocycles. The lowest BCUT2D eigenvalue weighted by Gasteiger charge is -2.16. The van der Waals surface area contributed by atoms with Gasteiger partial charge in [0.15, 0.2) is 0 Å². The van der Waals surface area contributed by atoms with Gasteiger partial charge in [-0.2, -0.15) is 0 Å². The highest BCUT2D eigenvalue weighted by atomic mass is 35.5. The lowest BCUT2D eigenvalue weighted by Crippen LogP contribution is -2.17. The van der Waals surface area contributed by atoms with Crippen molar-refractivity contribution in [1.29, 1.82) is 0 Å². The van der Waals surface area contributed by atoms with E-state index >= 15 is 0 Å². The van der Waals surface area contributed by atoms with Gasteiger partial charge in [-0.05, 0) is 0 Å². The van der Waals surface area contributed by atoms with Gasteiger partial charge in [0, 0.05) is 18.2 Å². The molecule has 1 aromatic heterocycles. The molecule has 0 aliphatic heterocycles. The van der Waals surface area contributed by atoms with Gasteiger partial charge in [0.1, 0.15) is 5.82 Å². The zero-order valence-corrected chi connectivity index (χ0v) is 8.89. The number of nitrogens with zero attached hydrogens (tertiary/aromatic N) is 2. The Kier molecular flexibility index (Phi) is 2.88. The third-order valence-corrected chi connectivity index (χ3v) is 2.00. The van der Waals surface area contributed by atoms with E-state index in [-0.39, 0.29) is 5.41 Å². The first-order chi connectivity index (χ1) is 5.95. The van der Waals surface area contributed by atoms with Gasteiger partial charge >= 0.3 is 0 Å². The number of aromatic nitrogens is 2. The highest BCUT2D eigenvalue weighted by Gasteiger charge is 2.18. The van der Waals surface area contributed by atoms with Crippen LogP contribution in [0.5, 0.6) is 0 Å². The minimum atomic E-state index is -0.0610. The second-order valence-electron chi connectivity index (χ2n) is 3.94. The topological polar surface area (TPSA) is 51.8 Å². The standard InChI is InChI=1S/C9H14ClN3/c1-9(2,3)8-12-5-6(10)7(4-11)13-8/h5H,4,11H2,1-3H3. The minimum Gasteiger partial charge on any atom is -0.325 e. The van der Waals surface area contributed by atoms with Crippen molar-refractivity contribution in [3.8, 4) is 0 Å². The van der Waals surface area contributed by atoms with Gasteiger partial charge in [-0.25, -0.2) is 9.97 Å². The van der Waals surface area contributed by atoms with Gasteiger partial charge in [-0.1, -0.05) is 32.4 Å². The summed E-state index contributed by atoms with van der Waals surface area (Å²) in [4.78, 5) is 8.45. The summed E-state index contributed by atoms with van der Waals surface area (Å²) in [5.41, 5.74) is 6.14. The first kappa shape index (κ1) is 10.4. The van der Waals surface area contributed by atoms with Crippen molar-refractivity contribution < 1.29 is 0 Å². The molecule has 13 heavy (non-hydrogen) atoms. The molecule has 1 aromatic rings. The molecule has 0 radical (unpaired) electrons. The Balaban J connectivity index is 3.14. The van der Waals surface area contributed by atoms with Gasteiger partial charge in [-0.3, -0.25) is 0 Å². The number of halogens is 1. The van der Waals surface area contributed by atoms with Gasteiger partial charge in [0.2, 0.25) is 0 Å². The van der Waals surface area contributed by atoms with E-state index in [9.17, 15) is 0 Å². The maximum absolute atomic E-state index is 5.84. The molecule has 1 rings (SSSR count). The summed E-state index contributed by atoms with van der Waals surface area (Å²) in [5, 5.41) is 0.538. The molecule has 0 aliphatic carbocycles. The largest absolute Gasteiger partial charge is 0.325 e. The Hall–Kier alpha value is -0.670. The molecule has 72 valence electrons. The smallest absolute Gasteiger partial charge is 0.134 e.